The van der Waals surface area contributed by atoms with Gasteiger partial charge in [-0.05, 0) is 19.9 Å². The summed E-state index contributed by atoms with van der Waals surface area (Å²) in [6.45, 7) is 6.96. The SMILES string of the molecule is C=C(CNCCCNS(C)(=O)=O)C(=O)OCC. The Hall–Kier alpha value is -0.920. The van der Waals surface area contributed by atoms with Crippen LogP contribution >= 0.6 is 0 Å². The molecule has 6 nitrogen and oxygen atoms in total. The Morgan fingerprint density at radius 1 is 1.35 bits per heavy atom. The molecule has 0 aromatic carbocycles. The molecule has 0 aromatic rings. The fourth-order valence-electron chi connectivity index (χ4n) is 1.02. The molecule has 0 atom stereocenters. The molecule has 0 aliphatic rings. The van der Waals surface area contributed by atoms with Crippen molar-refractivity contribution in [2.24, 2.45) is 0 Å². The van der Waals surface area contributed by atoms with E-state index >= 15 is 0 Å². The van der Waals surface area contributed by atoms with Crippen LogP contribution in [-0.4, -0.2) is 46.9 Å². The number of nitrogens with one attached hydrogen (secondary N) is 2. The largest absolute Gasteiger partial charge is 0.463 e. The smallest absolute Gasteiger partial charge is 0.334 e. The van der Waals surface area contributed by atoms with Crippen LogP contribution in [0.15, 0.2) is 12.2 Å². The number of hydrogen-bond donors (Lipinski definition) is 2. The van der Waals surface area contributed by atoms with E-state index in [1.807, 2.05) is 0 Å². The number of ether oxygens (including phenoxy) is 1. The fraction of sp³-hybridized carbons (Fsp3) is 0.700. The van der Waals surface area contributed by atoms with Crippen LogP contribution in [0.4, 0.5) is 0 Å². The van der Waals surface area contributed by atoms with Crippen LogP contribution in [0, 0.1) is 0 Å². The zero-order chi connectivity index (χ0) is 13.3. The van der Waals surface area contributed by atoms with Crippen molar-refractivity contribution in [1.82, 2.24) is 10.0 Å². The number of esters is 1. The van der Waals surface area contributed by atoms with E-state index in [4.69, 9.17) is 4.74 Å². The van der Waals surface area contributed by atoms with Crippen molar-refractivity contribution in [2.45, 2.75) is 13.3 Å². The van der Waals surface area contributed by atoms with Crippen molar-refractivity contribution in [3.63, 3.8) is 0 Å². The number of rotatable bonds is 9. The molecule has 0 saturated heterocycles. The van der Waals surface area contributed by atoms with Gasteiger partial charge in [0.1, 0.15) is 0 Å². The van der Waals surface area contributed by atoms with E-state index < -0.39 is 16.0 Å². The Morgan fingerprint density at radius 2 is 2.00 bits per heavy atom. The second-order valence-electron chi connectivity index (χ2n) is 3.52. The minimum Gasteiger partial charge on any atom is -0.463 e. The highest BCUT2D eigenvalue weighted by Crippen LogP contribution is 1.92. The van der Waals surface area contributed by atoms with Gasteiger partial charge in [-0.15, -0.1) is 0 Å². The van der Waals surface area contributed by atoms with E-state index in [-0.39, 0.29) is 0 Å². The van der Waals surface area contributed by atoms with Crippen LogP contribution in [0.3, 0.4) is 0 Å². The van der Waals surface area contributed by atoms with Gasteiger partial charge < -0.3 is 10.1 Å². The van der Waals surface area contributed by atoms with E-state index in [1.165, 1.54) is 0 Å². The molecule has 0 aliphatic carbocycles. The Bertz CT molecular complexity index is 351. The summed E-state index contributed by atoms with van der Waals surface area (Å²) in [5, 5.41) is 2.98. The molecule has 0 rings (SSSR count). The minimum atomic E-state index is -3.12. The van der Waals surface area contributed by atoms with Crippen LogP contribution in [-0.2, 0) is 19.6 Å². The molecule has 7 heteroatoms. The zero-order valence-corrected chi connectivity index (χ0v) is 11.1. The molecule has 0 aliphatic heterocycles. The molecule has 17 heavy (non-hydrogen) atoms. The normalized spacial score (nSPS) is 11.2. The highest BCUT2D eigenvalue weighted by Gasteiger charge is 2.06. The van der Waals surface area contributed by atoms with E-state index in [0.29, 0.717) is 38.2 Å². The van der Waals surface area contributed by atoms with E-state index in [2.05, 4.69) is 16.6 Å². The zero-order valence-electron chi connectivity index (χ0n) is 10.3. The monoisotopic (exact) mass is 264 g/mol. The lowest BCUT2D eigenvalue weighted by Crippen LogP contribution is -2.28. The molecule has 0 spiro atoms. The maximum absolute atomic E-state index is 11.1. The highest BCUT2D eigenvalue weighted by molar-refractivity contribution is 7.88. The van der Waals surface area contributed by atoms with Crippen molar-refractivity contribution < 1.29 is 17.9 Å². The predicted molar refractivity (Wildman–Crippen MR) is 66.1 cm³/mol. The Balaban J connectivity index is 3.52. The molecule has 100 valence electrons. The van der Waals surface area contributed by atoms with Gasteiger partial charge in [-0.2, -0.15) is 0 Å². The fourth-order valence-corrected chi connectivity index (χ4v) is 1.53. The summed E-state index contributed by atoms with van der Waals surface area (Å²) in [6, 6.07) is 0. The predicted octanol–water partition coefficient (Wildman–Crippen LogP) is -0.365. The Kier molecular flexibility index (Phi) is 7.77. The Morgan fingerprint density at radius 3 is 2.53 bits per heavy atom. The van der Waals surface area contributed by atoms with Gasteiger partial charge in [0.15, 0.2) is 0 Å². The summed E-state index contributed by atoms with van der Waals surface area (Å²) in [5.74, 6) is -0.408. The summed E-state index contributed by atoms with van der Waals surface area (Å²) in [6.07, 6.45) is 1.76. The van der Waals surface area contributed by atoms with Crippen molar-refractivity contribution in [3.05, 3.63) is 12.2 Å². The first-order valence-electron chi connectivity index (χ1n) is 5.37. The lowest BCUT2D eigenvalue weighted by atomic mass is 10.3. The van der Waals surface area contributed by atoms with Crippen molar-refractivity contribution >= 4 is 16.0 Å². The summed E-state index contributed by atoms with van der Waals surface area (Å²) in [5.41, 5.74) is 0.364. The molecule has 0 heterocycles. The molecule has 0 unspecified atom stereocenters. The van der Waals surface area contributed by atoms with Crippen LogP contribution in [0.2, 0.25) is 0 Å². The third kappa shape index (κ3) is 9.98. The first kappa shape index (κ1) is 16.1. The van der Waals surface area contributed by atoms with Gasteiger partial charge in [-0.3, -0.25) is 0 Å². The maximum Gasteiger partial charge on any atom is 0.334 e. The first-order chi connectivity index (χ1) is 7.87. The van der Waals surface area contributed by atoms with Crippen LogP contribution < -0.4 is 10.0 Å². The third-order valence-electron chi connectivity index (χ3n) is 1.80. The number of sulfonamides is 1. The van der Waals surface area contributed by atoms with Crippen molar-refractivity contribution in [3.8, 4) is 0 Å². The van der Waals surface area contributed by atoms with Crippen molar-refractivity contribution in [1.29, 1.82) is 0 Å². The van der Waals surface area contributed by atoms with Crippen LogP contribution in [0.25, 0.3) is 0 Å². The average Bonchev–Trinajstić information content (AvgIpc) is 2.21. The quantitative estimate of drug-likeness (QED) is 0.337. The van der Waals surface area contributed by atoms with E-state index in [9.17, 15) is 13.2 Å². The molecule has 0 radical (unpaired) electrons. The Labute approximate surface area is 102 Å². The van der Waals surface area contributed by atoms with Crippen LogP contribution in [0.5, 0.6) is 0 Å². The lowest BCUT2D eigenvalue weighted by Gasteiger charge is -2.07. The number of carbonyl (C=O) groups excluding carboxylic acids is 1. The standard InChI is InChI=1S/C10H20N2O4S/c1-4-16-10(13)9(2)8-11-6-5-7-12-17(3,14)15/h11-12H,2,4-8H2,1,3H3. The molecule has 0 amide bonds. The van der Waals surface area contributed by atoms with Gasteiger partial charge in [-0.1, -0.05) is 6.58 Å². The minimum absolute atomic E-state index is 0.329. The van der Waals surface area contributed by atoms with Gasteiger partial charge in [0.25, 0.3) is 0 Å². The first-order valence-corrected chi connectivity index (χ1v) is 7.26. The summed E-state index contributed by atoms with van der Waals surface area (Å²) >= 11 is 0. The summed E-state index contributed by atoms with van der Waals surface area (Å²) < 4.78 is 28.6. The number of hydrogen-bond acceptors (Lipinski definition) is 5. The molecular weight excluding hydrogens is 244 g/mol. The molecule has 2 N–H and O–H groups in total. The molecule has 0 saturated carbocycles. The maximum atomic E-state index is 11.1. The van der Waals surface area contributed by atoms with Gasteiger partial charge >= 0.3 is 5.97 Å². The van der Waals surface area contributed by atoms with Gasteiger partial charge in [0, 0.05) is 18.7 Å². The lowest BCUT2D eigenvalue weighted by molar-refractivity contribution is -0.138. The topological polar surface area (TPSA) is 84.5 Å². The highest BCUT2D eigenvalue weighted by atomic mass is 32.2. The summed E-state index contributed by atoms with van der Waals surface area (Å²) in [4.78, 5) is 11.1. The number of carbonyl (C=O) groups is 1. The molecule has 0 bridgehead atoms. The van der Waals surface area contributed by atoms with E-state index in [1.54, 1.807) is 6.92 Å². The van der Waals surface area contributed by atoms with Crippen LogP contribution in [0.1, 0.15) is 13.3 Å². The molecular formula is C10H20N2O4S. The van der Waals surface area contributed by atoms with Gasteiger partial charge in [0.2, 0.25) is 10.0 Å². The summed E-state index contributed by atoms with van der Waals surface area (Å²) in [7, 11) is -3.12. The van der Waals surface area contributed by atoms with Crippen molar-refractivity contribution in [2.75, 3.05) is 32.5 Å². The van der Waals surface area contributed by atoms with Gasteiger partial charge in [0.05, 0.1) is 12.9 Å². The average molecular weight is 264 g/mol. The van der Waals surface area contributed by atoms with E-state index in [0.717, 1.165) is 6.26 Å². The molecule has 0 aromatic heterocycles. The molecule has 0 fully saturated rings. The third-order valence-corrected chi connectivity index (χ3v) is 2.53. The second-order valence-corrected chi connectivity index (χ2v) is 5.35. The second kappa shape index (κ2) is 8.21. The van der Waals surface area contributed by atoms with Gasteiger partial charge in [-0.25, -0.2) is 17.9 Å².